The van der Waals surface area contributed by atoms with Crippen molar-refractivity contribution in [2.24, 2.45) is 0 Å². The van der Waals surface area contributed by atoms with Crippen LogP contribution in [0.2, 0.25) is 0 Å². The number of benzene rings is 1. The maximum Gasteiger partial charge on any atom is 0.0397 e. The highest BCUT2D eigenvalue weighted by molar-refractivity contribution is 5.85. The van der Waals surface area contributed by atoms with E-state index in [9.17, 15) is 0 Å². The molecule has 2 fully saturated rings. The summed E-state index contributed by atoms with van der Waals surface area (Å²) in [5.74, 6) is 0. The Morgan fingerprint density at radius 2 is 1.46 bits per heavy atom. The molecule has 2 aliphatic heterocycles. The van der Waals surface area contributed by atoms with Gasteiger partial charge in [0.15, 0.2) is 0 Å². The maximum absolute atomic E-state index is 4.13. The molecule has 5 heteroatoms. The normalized spacial score (nSPS) is 19.9. The Kier molecular flexibility index (Phi) is 6.89. The molecule has 0 radical (unpaired) electrons. The van der Waals surface area contributed by atoms with E-state index in [1.165, 1.54) is 63.4 Å². The fourth-order valence-corrected chi connectivity index (χ4v) is 4.17. The lowest BCUT2D eigenvalue weighted by Gasteiger charge is -2.43. The van der Waals surface area contributed by atoms with Crippen molar-refractivity contribution in [2.75, 3.05) is 44.2 Å². The smallest absolute Gasteiger partial charge is 0.0397 e. The van der Waals surface area contributed by atoms with Crippen molar-refractivity contribution in [2.45, 2.75) is 25.4 Å². The fourth-order valence-electron chi connectivity index (χ4n) is 4.17. The van der Waals surface area contributed by atoms with Crippen LogP contribution in [0.3, 0.4) is 0 Å². The van der Waals surface area contributed by atoms with Crippen molar-refractivity contribution in [1.82, 2.24) is 14.8 Å². The summed E-state index contributed by atoms with van der Waals surface area (Å²) in [6, 6.07) is 15.9. The third-order valence-corrected chi connectivity index (χ3v) is 5.66. The lowest BCUT2D eigenvalue weighted by molar-refractivity contribution is 0.0812. The number of piperidine rings is 1. The average molecular weight is 373 g/mol. The molecule has 0 saturated carbocycles. The minimum atomic E-state index is 0. The first-order valence-corrected chi connectivity index (χ1v) is 9.54. The number of aromatic nitrogens is 1. The Morgan fingerprint density at radius 3 is 2.12 bits per heavy atom. The first-order chi connectivity index (χ1) is 12.4. The van der Waals surface area contributed by atoms with Gasteiger partial charge >= 0.3 is 0 Å². The van der Waals surface area contributed by atoms with Gasteiger partial charge in [-0.2, -0.15) is 0 Å². The van der Waals surface area contributed by atoms with Gasteiger partial charge in [-0.15, -0.1) is 12.4 Å². The molecular weight excluding hydrogens is 344 g/mol. The van der Waals surface area contributed by atoms with Crippen molar-refractivity contribution < 1.29 is 0 Å². The van der Waals surface area contributed by atoms with Crippen molar-refractivity contribution in [3.05, 3.63) is 60.4 Å². The summed E-state index contributed by atoms with van der Waals surface area (Å²) < 4.78 is 0. The van der Waals surface area contributed by atoms with Crippen LogP contribution in [0.4, 0.5) is 5.69 Å². The minimum Gasteiger partial charge on any atom is -0.371 e. The second kappa shape index (κ2) is 9.36. The monoisotopic (exact) mass is 372 g/mol. The van der Waals surface area contributed by atoms with E-state index in [2.05, 4.69) is 62.1 Å². The summed E-state index contributed by atoms with van der Waals surface area (Å²) >= 11 is 0. The number of rotatable bonds is 4. The predicted molar refractivity (Wildman–Crippen MR) is 110 cm³/mol. The number of hydrogen-bond acceptors (Lipinski definition) is 4. The number of nitrogens with zero attached hydrogens (tertiary/aromatic N) is 4. The lowest BCUT2D eigenvalue weighted by atomic mass is 10.0. The third kappa shape index (κ3) is 4.76. The minimum absolute atomic E-state index is 0. The van der Waals surface area contributed by atoms with Gasteiger partial charge in [0.1, 0.15) is 0 Å². The number of halogens is 1. The predicted octanol–water partition coefficient (Wildman–Crippen LogP) is 3.29. The van der Waals surface area contributed by atoms with E-state index in [0.717, 1.165) is 12.6 Å². The molecule has 1 aromatic carbocycles. The van der Waals surface area contributed by atoms with E-state index in [0.29, 0.717) is 0 Å². The molecular formula is C21H29ClN4. The van der Waals surface area contributed by atoms with E-state index in [4.69, 9.17) is 0 Å². The van der Waals surface area contributed by atoms with Crippen LogP contribution in [-0.2, 0) is 6.54 Å². The number of hydrogen-bond donors (Lipinski definition) is 0. The van der Waals surface area contributed by atoms with Crippen LogP contribution >= 0.6 is 12.4 Å². The van der Waals surface area contributed by atoms with Gasteiger partial charge in [0.2, 0.25) is 0 Å². The first-order valence-electron chi connectivity index (χ1n) is 9.54. The highest BCUT2D eigenvalue weighted by Crippen LogP contribution is 2.23. The van der Waals surface area contributed by atoms with Crippen LogP contribution in [0, 0.1) is 0 Å². The summed E-state index contributed by atoms with van der Waals surface area (Å²) in [5, 5.41) is 0. The second-order valence-corrected chi connectivity index (χ2v) is 7.22. The van der Waals surface area contributed by atoms with Gasteiger partial charge in [-0.05, 0) is 30.5 Å². The van der Waals surface area contributed by atoms with Gasteiger partial charge in [-0.25, -0.2) is 0 Å². The van der Waals surface area contributed by atoms with E-state index in [-0.39, 0.29) is 12.4 Å². The molecule has 0 spiro atoms. The summed E-state index contributed by atoms with van der Waals surface area (Å²) in [7, 11) is 0. The summed E-state index contributed by atoms with van der Waals surface area (Å²) in [6.07, 6.45) is 6.35. The summed E-state index contributed by atoms with van der Waals surface area (Å²) in [6.45, 7) is 8.24. The first kappa shape index (κ1) is 19.2. The quantitative estimate of drug-likeness (QED) is 0.821. The Morgan fingerprint density at radius 1 is 0.808 bits per heavy atom. The topological polar surface area (TPSA) is 22.6 Å². The largest absolute Gasteiger partial charge is 0.371 e. The molecule has 0 unspecified atom stereocenters. The fraction of sp³-hybridized carbons (Fsp3) is 0.476. The zero-order chi connectivity index (χ0) is 16.9. The highest BCUT2D eigenvalue weighted by atomic mass is 35.5. The van der Waals surface area contributed by atoms with Crippen LogP contribution in [0.15, 0.2) is 54.9 Å². The van der Waals surface area contributed by atoms with Gasteiger partial charge in [-0.3, -0.25) is 14.8 Å². The van der Waals surface area contributed by atoms with Gasteiger partial charge in [0.25, 0.3) is 0 Å². The van der Waals surface area contributed by atoms with E-state index in [1.807, 2.05) is 12.4 Å². The number of piperazine rings is 1. The molecule has 2 aromatic rings. The van der Waals surface area contributed by atoms with Crippen LogP contribution in [0.5, 0.6) is 0 Å². The molecule has 0 N–H and O–H groups in total. The van der Waals surface area contributed by atoms with E-state index < -0.39 is 0 Å². The Hall–Kier alpha value is -1.62. The van der Waals surface area contributed by atoms with E-state index >= 15 is 0 Å². The van der Waals surface area contributed by atoms with Gasteiger partial charge in [0, 0.05) is 69.9 Å². The SMILES string of the molecule is Cl.c1ccc(CN2CCN(C3CCN(c4ccncc4)CC3)CC2)cc1. The highest BCUT2D eigenvalue weighted by Gasteiger charge is 2.27. The molecule has 2 saturated heterocycles. The molecule has 2 aliphatic rings. The Bertz CT molecular complexity index is 636. The van der Waals surface area contributed by atoms with Crippen LogP contribution in [-0.4, -0.2) is 60.1 Å². The molecule has 26 heavy (non-hydrogen) atoms. The molecule has 0 aliphatic carbocycles. The Labute approximate surface area is 163 Å². The molecule has 3 heterocycles. The van der Waals surface area contributed by atoms with E-state index in [1.54, 1.807) is 0 Å². The standard InChI is InChI=1S/C21H28N4.ClH/c1-2-4-19(5-3-1)18-23-14-16-25(17-15-23)21-8-12-24(13-9-21)20-6-10-22-11-7-20;/h1-7,10-11,21H,8-9,12-18H2;1H. The van der Waals surface area contributed by atoms with Crippen LogP contribution < -0.4 is 4.90 Å². The van der Waals surface area contributed by atoms with Crippen LogP contribution in [0.25, 0.3) is 0 Å². The van der Waals surface area contributed by atoms with Gasteiger partial charge < -0.3 is 4.90 Å². The molecule has 0 atom stereocenters. The Balaban J connectivity index is 0.00000196. The van der Waals surface area contributed by atoms with Crippen molar-refractivity contribution >= 4 is 18.1 Å². The molecule has 1 aromatic heterocycles. The number of anilines is 1. The summed E-state index contributed by atoms with van der Waals surface area (Å²) in [5.41, 5.74) is 2.75. The molecule has 140 valence electrons. The van der Waals surface area contributed by atoms with Crippen molar-refractivity contribution in [3.8, 4) is 0 Å². The zero-order valence-electron chi connectivity index (χ0n) is 15.3. The zero-order valence-corrected chi connectivity index (χ0v) is 16.2. The lowest BCUT2D eigenvalue weighted by Crippen LogP contribution is -2.53. The average Bonchev–Trinajstić information content (AvgIpc) is 2.70. The van der Waals surface area contributed by atoms with Crippen LogP contribution in [0.1, 0.15) is 18.4 Å². The van der Waals surface area contributed by atoms with Gasteiger partial charge in [0.05, 0.1) is 0 Å². The maximum atomic E-state index is 4.13. The van der Waals surface area contributed by atoms with Gasteiger partial charge in [-0.1, -0.05) is 30.3 Å². The molecule has 4 nitrogen and oxygen atoms in total. The molecule has 4 rings (SSSR count). The number of pyridine rings is 1. The van der Waals surface area contributed by atoms with Crippen molar-refractivity contribution in [1.29, 1.82) is 0 Å². The molecule has 0 amide bonds. The van der Waals surface area contributed by atoms with Crippen molar-refractivity contribution in [3.63, 3.8) is 0 Å². The summed E-state index contributed by atoms with van der Waals surface area (Å²) in [4.78, 5) is 12.0. The second-order valence-electron chi connectivity index (χ2n) is 7.22. The molecule has 0 bridgehead atoms. The third-order valence-electron chi connectivity index (χ3n) is 5.66.